The van der Waals surface area contributed by atoms with Crippen molar-refractivity contribution in [3.63, 3.8) is 0 Å². The molecule has 0 saturated carbocycles. The molecule has 0 spiro atoms. The average Bonchev–Trinajstić information content (AvgIpc) is 3.46. The van der Waals surface area contributed by atoms with E-state index in [9.17, 15) is 24.9 Å². The number of ether oxygens (including phenoxy) is 2. The third-order valence-electron chi connectivity index (χ3n) is 6.88. The van der Waals surface area contributed by atoms with E-state index in [-0.39, 0.29) is 12.3 Å². The molecule has 1 aliphatic heterocycles. The van der Waals surface area contributed by atoms with Gasteiger partial charge in [0.2, 0.25) is 5.60 Å². The number of unbranched alkanes of at least 4 members (excludes halogenated alkanes) is 7. The van der Waals surface area contributed by atoms with Crippen LogP contribution in [0.1, 0.15) is 76.1 Å². The van der Waals surface area contributed by atoms with E-state index in [1.807, 2.05) is 6.07 Å². The summed E-state index contributed by atoms with van der Waals surface area (Å²) in [5, 5.41) is 35.4. The fraction of sp³-hybridized carbons (Fsp3) is 0.731. The fourth-order valence-corrected chi connectivity index (χ4v) is 5.41. The van der Waals surface area contributed by atoms with Gasteiger partial charge in [0.15, 0.2) is 0 Å². The molecule has 2 aromatic heterocycles. The van der Waals surface area contributed by atoms with Crippen LogP contribution < -0.4 is 0 Å². The first-order valence-electron chi connectivity index (χ1n) is 13.7. The number of aromatic nitrogens is 3. The van der Waals surface area contributed by atoms with Gasteiger partial charge in [0.05, 0.1) is 30.1 Å². The normalized spacial score (nSPS) is 24.7. The Morgan fingerprint density at radius 1 is 1.08 bits per heavy atom. The highest BCUT2D eigenvalue weighted by Crippen LogP contribution is 2.46. The van der Waals surface area contributed by atoms with Crippen LogP contribution in [0.3, 0.4) is 0 Å². The maximum atomic E-state index is 12.3. The predicted octanol–water partition coefficient (Wildman–Crippen LogP) is 3.56. The van der Waals surface area contributed by atoms with Crippen LogP contribution in [-0.4, -0.2) is 74.4 Å². The molecule has 1 aliphatic rings. The first kappa shape index (κ1) is 31.6. The minimum Gasteiger partial charge on any atom is -0.387 e. The van der Waals surface area contributed by atoms with Gasteiger partial charge in [-0.1, -0.05) is 51.9 Å². The van der Waals surface area contributed by atoms with Crippen LogP contribution in [-0.2, 0) is 28.7 Å². The third-order valence-corrected chi connectivity index (χ3v) is 7.87. The summed E-state index contributed by atoms with van der Waals surface area (Å²) in [6.07, 6.45) is 6.96. The van der Waals surface area contributed by atoms with Crippen LogP contribution in [0.5, 0.6) is 0 Å². The average molecular weight is 569 g/mol. The second-order valence-electron chi connectivity index (χ2n) is 9.84. The number of aliphatic hydroxyl groups is 2. The highest BCUT2D eigenvalue weighted by molar-refractivity contribution is 7.47. The Bertz CT molecular complexity index is 1130. The minimum absolute atomic E-state index is 0.0563. The summed E-state index contributed by atoms with van der Waals surface area (Å²) >= 11 is 0. The van der Waals surface area contributed by atoms with Crippen LogP contribution in [0.4, 0.5) is 0 Å². The van der Waals surface area contributed by atoms with Gasteiger partial charge in [-0.3, -0.25) is 9.05 Å². The van der Waals surface area contributed by atoms with E-state index in [0.717, 1.165) is 12.8 Å². The predicted molar refractivity (Wildman–Crippen MR) is 142 cm³/mol. The van der Waals surface area contributed by atoms with E-state index in [0.29, 0.717) is 30.8 Å². The number of nitriles is 1. The van der Waals surface area contributed by atoms with Gasteiger partial charge in [-0.25, -0.2) is 14.1 Å². The lowest BCUT2D eigenvalue weighted by Gasteiger charge is -2.24. The van der Waals surface area contributed by atoms with Crippen molar-refractivity contribution in [2.45, 2.75) is 95.5 Å². The summed E-state index contributed by atoms with van der Waals surface area (Å²) < 4.78 is 35.0. The van der Waals surface area contributed by atoms with Crippen molar-refractivity contribution in [2.75, 3.05) is 26.4 Å². The topological polar surface area (TPSA) is 169 Å². The number of nitrogens with zero attached hydrogens (tertiary/aromatic N) is 4. The Hall–Kier alpha value is -1.94. The smallest absolute Gasteiger partial charge is 0.387 e. The van der Waals surface area contributed by atoms with Gasteiger partial charge >= 0.3 is 7.82 Å². The number of hydrogen-bond acceptors (Lipinski definition) is 10. The molecule has 39 heavy (non-hydrogen) atoms. The summed E-state index contributed by atoms with van der Waals surface area (Å²) in [5.74, 6) is 0. The molecular formula is C26H41N4O8P. The van der Waals surface area contributed by atoms with E-state index < -0.39 is 38.3 Å². The fourth-order valence-electron chi connectivity index (χ4n) is 4.64. The van der Waals surface area contributed by atoms with Gasteiger partial charge in [0.1, 0.15) is 30.7 Å². The van der Waals surface area contributed by atoms with E-state index >= 15 is 0 Å². The Kier molecular flexibility index (Phi) is 12.3. The molecule has 0 bridgehead atoms. The van der Waals surface area contributed by atoms with Crippen molar-refractivity contribution in [1.29, 1.82) is 5.26 Å². The number of phosphoric acid groups is 1. The van der Waals surface area contributed by atoms with Crippen molar-refractivity contribution in [2.24, 2.45) is 0 Å². The van der Waals surface area contributed by atoms with Gasteiger partial charge in [0, 0.05) is 13.2 Å². The molecule has 0 amide bonds. The SMILES string of the molecule is CCCCCCCCCCOCCCOP(=O)(O)OC[C@H]1O[C@@](C#N)(c2ccc3c(C)ncnn23)[C@H](O)[C@@H]1O. The van der Waals surface area contributed by atoms with Crippen molar-refractivity contribution < 1.29 is 38.2 Å². The molecule has 0 aromatic carbocycles. The summed E-state index contributed by atoms with van der Waals surface area (Å²) in [6.45, 7) is 4.37. The molecular weight excluding hydrogens is 527 g/mol. The van der Waals surface area contributed by atoms with Crippen LogP contribution in [0.15, 0.2) is 18.5 Å². The first-order valence-corrected chi connectivity index (χ1v) is 15.2. The van der Waals surface area contributed by atoms with Crippen molar-refractivity contribution in [3.8, 4) is 6.07 Å². The molecule has 13 heteroatoms. The number of aryl methyl sites for hydroxylation is 1. The van der Waals surface area contributed by atoms with Crippen molar-refractivity contribution in [3.05, 3.63) is 29.8 Å². The number of rotatable bonds is 18. The maximum Gasteiger partial charge on any atom is 0.472 e. The molecule has 5 atom stereocenters. The summed E-state index contributed by atoms with van der Waals surface area (Å²) in [4.78, 5) is 14.1. The molecule has 3 rings (SSSR count). The quantitative estimate of drug-likeness (QED) is 0.178. The van der Waals surface area contributed by atoms with Crippen molar-refractivity contribution in [1.82, 2.24) is 14.6 Å². The number of phosphoric ester groups is 1. The minimum atomic E-state index is -4.47. The Balaban J connectivity index is 1.39. The summed E-state index contributed by atoms with van der Waals surface area (Å²) in [6, 6.07) is 5.16. The standard InChI is InChI=1S/C26H41N4O8P/c1-3-4-5-6-7-8-9-10-14-35-15-11-16-36-39(33,34)37-17-22-24(31)25(32)26(18-27,38-22)23-13-12-21-20(2)28-19-29-30(21)23/h12-13,19,22,24-25,31-32H,3-11,14-17H2,1-2H3,(H,33,34)/t22-,24-,25-,26+/m1/s1. The molecule has 3 N–H and O–H groups in total. The second kappa shape index (κ2) is 15.2. The molecule has 218 valence electrons. The lowest BCUT2D eigenvalue weighted by molar-refractivity contribution is -0.0643. The third kappa shape index (κ3) is 8.28. The monoisotopic (exact) mass is 568 g/mol. The molecule has 0 radical (unpaired) electrons. The van der Waals surface area contributed by atoms with Gasteiger partial charge in [-0.15, -0.1) is 0 Å². The first-order chi connectivity index (χ1) is 18.8. The van der Waals surface area contributed by atoms with Crippen LogP contribution in [0.2, 0.25) is 0 Å². The van der Waals surface area contributed by atoms with E-state index in [2.05, 4.69) is 17.0 Å². The van der Waals surface area contributed by atoms with Gasteiger partial charge < -0.3 is 24.6 Å². The second-order valence-corrected chi connectivity index (χ2v) is 11.3. The van der Waals surface area contributed by atoms with E-state index in [1.165, 1.54) is 49.4 Å². The largest absolute Gasteiger partial charge is 0.472 e. The molecule has 1 unspecified atom stereocenters. The Labute approximate surface area is 229 Å². The zero-order valence-electron chi connectivity index (χ0n) is 22.8. The van der Waals surface area contributed by atoms with Crippen LogP contribution in [0.25, 0.3) is 5.52 Å². The van der Waals surface area contributed by atoms with Crippen LogP contribution in [0, 0.1) is 18.3 Å². The zero-order chi connectivity index (χ0) is 28.3. The highest BCUT2D eigenvalue weighted by Gasteiger charge is 2.57. The molecule has 3 heterocycles. The molecule has 0 aliphatic carbocycles. The highest BCUT2D eigenvalue weighted by atomic mass is 31.2. The van der Waals surface area contributed by atoms with Crippen LogP contribution >= 0.6 is 7.82 Å². The lowest BCUT2D eigenvalue weighted by Crippen LogP contribution is -2.41. The summed E-state index contributed by atoms with van der Waals surface area (Å²) in [7, 11) is -4.47. The number of hydrogen-bond donors (Lipinski definition) is 3. The van der Waals surface area contributed by atoms with E-state index in [4.69, 9.17) is 18.5 Å². The van der Waals surface area contributed by atoms with Gasteiger partial charge in [-0.05, 0) is 31.9 Å². The van der Waals surface area contributed by atoms with E-state index in [1.54, 1.807) is 19.1 Å². The van der Waals surface area contributed by atoms with Crippen molar-refractivity contribution >= 4 is 13.3 Å². The zero-order valence-corrected chi connectivity index (χ0v) is 23.7. The van der Waals surface area contributed by atoms with Gasteiger partial charge in [0.25, 0.3) is 0 Å². The van der Waals surface area contributed by atoms with Gasteiger partial charge in [-0.2, -0.15) is 10.4 Å². The molecule has 1 fully saturated rings. The summed E-state index contributed by atoms with van der Waals surface area (Å²) in [5.41, 5.74) is -0.542. The number of aliphatic hydroxyl groups excluding tert-OH is 2. The molecule has 12 nitrogen and oxygen atoms in total. The maximum absolute atomic E-state index is 12.3. The molecule has 1 saturated heterocycles. The Morgan fingerprint density at radius 2 is 1.77 bits per heavy atom. The Morgan fingerprint density at radius 3 is 2.49 bits per heavy atom. The number of fused-ring (bicyclic) bond motifs is 1. The lowest BCUT2D eigenvalue weighted by atomic mass is 9.92. The molecule has 2 aromatic rings.